The second-order valence-corrected chi connectivity index (χ2v) is 12.5. The summed E-state index contributed by atoms with van der Waals surface area (Å²) in [5, 5.41) is 7.15. The Labute approximate surface area is 301 Å². The second-order valence-electron chi connectivity index (χ2n) is 10.9. The van der Waals surface area contributed by atoms with Gasteiger partial charge in [-0.3, -0.25) is 14.4 Å². The summed E-state index contributed by atoms with van der Waals surface area (Å²) in [5.41, 5.74) is 0.939. The molecule has 51 heavy (non-hydrogen) atoms. The molecule has 1 atom stereocenters. The van der Waals surface area contributed by atoms with Crippen molar-refractivity contribution in [3.63, 3.8) is 0 Å². The molecule has 0 spiro atoms. The van der Waals surface area contributed by atoms with Gasteiger partial charge in [-0.2, -0.15) is 13.2 Å². The molecule has 0 aliphatic rings. The lowest BCUT2D eigenvalue weighted by molar-refractivity contribution is -0.137. The lowest BCUT2D eigenvalue weighted by Crippen LogP contribution is -2.30. The first-order chi connectivity index (χ1) is 24.5. The quantitative estimate of drug-likeness (QED) is 0.0878. The molecular weight excluding hydrogens is 699 g/mol. The number of benzene rings is 5. The zero-order valence-corrected chi connectivity index (χ0v) is 28.6. The van der Waals surface area contributed by atoms with E-state index in [1.165, 1.54) is 0 Å². The average Bonchev–Trinajstić information content (AvgIpc) is 3.13. The van der Waals surface area contributed by atoms with E-state index in [0.29, 0.717) is 39.6 Å². The molecule has 260 valence electrons. The van der Waals surface area contributed by atoms with E-state index in [0.717, 1.165) is 30.0 Å². The minimum atomic E-state index is -4.62. The number of hydrogen-bond donors (Lipinski definition) is 3. The van der Waals surface area contributed by atoms with Crippen molar-refractivity contribution in [2.75, 3.05) is 17.2 Å². The smallest absolute Gasteiger partial charge is 0.416 e. The van der Waals surface area contributed by atoms with E-state index in [1.807, 2.05) is 6.92 Å². The third-order valence-electron chi connectivity index (χ3n) is 7.29. The van der Waals surface area contributed by atoms with Crippen LogP contribution in [0.2, 0.25) is 5.02 Å². The number of thioether (sulfide) groups is 1. The highest BCUT2D eigenvalue weighted by molar-refractivity contribution is 8.00. The number of carbonyl (C=O) groups excluding carboxylic acids is 3. The summed E-state index contributed by atoms with van der Waals surface area (Å²) in [6.07, 6.45) is -3.07. The van der Waals surface area contributed by atoms with Gasteiger partial charge < -0.3 is 20.7 Å². The van der Waals surface area contributed by atoms with Crippen LogP contribution in [0.4, 0.5) is 24.5 Å². The summed E-state index contributed by atoms with van der Waals surface area (Å²) in [7, 11) is 0. The Hall–Kier alpha value is -5.52. The van der Waals surface area contributed by atoms with Crippen LogP contribution in [0.5, 0.6) is 5.75 Å². The molecule has 0 saturated carbocycles. The number of rotatable bonds is 12. The van der Waals surface area contributed by atoms with E-state index in [4.69, 9.17) is 16.3 Å². The molecular formula is C39H31ClF3N3O4S. The Morgan fingerprint density at radius 3 is 2.10 bits per heavy atom. The molecule has 12 heteroatoms. The van der Waals surface area contributed by atoms with Crippen molar-refractivity contribution >= 4 is 58.5 Å². The fraction of sp³-hybridized carbons (Fsp3) is 0.103. The predicted octanol–water partition coefficient (Wildman–Crippen LogP) is 9.64. The van der Waals surface area contributed by atoms with Gasteiger partial charge in [0.25, 0.3) is 11.8 Å². The van der Waals surface area contributed by atoms with Crippen LogP contribution in [0.25, 0.3) is 6.08 Å². The van der Waals surface area contributed by atoms with E-state index in [-0.39, 0.29) is 16.4 Å². The van der Waals surface area contributed by atoms with Crippen LogP contribution in [0, 0.1) is 0 Å². The highest BCUT2D eigenvalue weighted by atomic mass is 35.5. The molecule has 0 radical (unpaired) electrons. The normalized spacial score (nSPS) is 12.1. The van der Waals surface area contributed by atoms with Crippen LogP contribution in [0.1, 0.15) is 39.2 Å². The van der Waals surface area contributed by atoms with Crippen LogP contribution >= 0.6 is 23.4 Å². The van der Waals surface area contributed by atoms with E-state index in [9.17, 15) is 27.6 Å². The van der Waals surface area contributed by atoms with Gasteiger partial charge in [0.2, 0.25) is 5.91 Å². The Morgan fingerprint density at radius 1 is 0.824 bits per heavy atom. The monoisotopic (exact) mass is 729 g/mol. The summed E-state index contributed by atoms with van der Waals surface area (Å²) in [5.74, 6) is -0.958. The van der Waals surface area contributed by atoms with Crippen molar-refractivity contribution in [2.24, 2.45) is 0 Å². The van der Waals surface area contributed by atoms with Gasteiger partial charge in [-0.25, -0.2) is 0 Å². The number of halogens is 4. The lowest BCUT2D eigenvalue weighted by Gasteiger charge is -2.19. The first kappa shape index (κ1) is 36.8. The van der Waals surface area contributed by atoms with Gasteiger partial charge in [-0.05, 0) is 90.9 Å². The molecule has 0 bridgehead atoms. The Bertz CT molecular complexity index is 2010. The maximum Gasteiger partial charge on any atom is 0.416 e. The number of anilines is 2. The highest BCUT2D eigenvalue weighted by Crippen LogP contribution is 2.39. The highest BCUT2D eigenvalue weighted by Gasteiger charge is 2.32. The number of ether oxygens (including phenoxy) is 1. The van der Waals surface area contributed by atoms with Crippen LogP contribution < -0.4 is 20.7 Å². The molecule has 0 aliphatic heterocycles. The summed E-state index contributed by atoms with van der Waals surface area (Å²) < 4.78 is 45.6. The van der Waals surface area contributed by atoms with Crippen molar-refractivity contribution in [3.05, 3.63) is 160 Å². The van der Waals surface area contributed by atoms with Crippen molar-refractivity contribution in [2.45, 2.75) is 23.2 Å². The standard InChI is InChI=1S/C39H31ClF3N3O4S/c1-2-50-30-18-13-25(14-19-30)23-34(46-36(47)27-11-7-4-8-12-27)37(48)44-29-16-20-31(21-17-29)51-35(26-9-5-3-6-10-26)38(49)45-33-24-28(39(41,42)43)15-22-32(33)40/h3-24,35H,2H2,1H3,(H,44,48)(H,45,49)(H,46,47)/b34-23-. The molecule has 0 aliphatic carbocycles. The largest absolute Gasteiger partial charge is 0.494 e. The third kappa shape index (κ3) is 10.3. The van der Waals surface area contributed by atoms with Crippen LogP contribution in [-0.2, 0) is 15.8 Å². The fourth-order valence-corrected chi connectivity index (χ4v) is 5.97. The zero-order chi connectivity index (χ0) is 36.4. The first-order valence-electron chi connectivity index (χ1n) is 15.6. The maximum absolute atomic E-state index is 13.5. The van der Waals surface area contributed by atoms with Gasteiger partial charge in [-0.1, -0.05) is 72.3 Å². The summed E-state index contributed by atoms with van der Waals surface area (Å²) in [6, 6.07) is 33.7. The maximum atomic E-state index is 13.5. The number of amides is 3. The van der Waals surface area contributed by atoms with Crippen molar-refractivity contribution in [1.29, 1.82) is 0 Å². The number of nitrogens with one attached hydrogen (secondary N) is 3. The molecule has 3 N–H and O–H groups in total. The van der Waals surface area contributed by atoms with Gasteiger partial charge in [0.05, 0.1) is 22.9 Å². The Balaban J connectivity index is 1.34. The molecule has 0 fully saturated rings. The van der Waals surface area contributed by atoms with Crippen LogP contribution in [0.15, 0.2) is 138 Å². The van der Waals surface area contributed by atoms with E-state index in [1.54, 1.807) is 115 Å². The van der Waals surface area contributed by atoms with Crippen molar-refractivity contribution < 1.29 is 32.3 Å². The number of carbonyl (C=O) groups is 3. The minimum absolute atomic E-state index is 0.000491. The summed E-state index contributed by atoms with van der Waals surface area (Å²) in [6.45, 7) is 2.38. The average molecular weight is 730 g/mol. The first-order valence-corrected chi connectivity index (χ1v) is 16.9. The molecule has 0 aromatic heterocycles. The van der Waals surface area contributed by atoms with E-state index >= 15 is 0 Å². The number of alkyl halides is 3. The van der Waals surface area contributed by atoms with Crippen LogP contribution in [0.3, 0.4) is 0 Å². The van der Waals surface area contributed by atoms with Gasteiger partial charge in [-0.15, -0.1) is 11.8 Å². The van der Waals surface area contributed by atoms with Gasteiger partial charge in [0.15, 0.2) is 0 Å². The molecule has 5 aromatic carbocycles. The molecule has 1 unspecified atom stereocenters. The summed E-state index contributed by atoms with van der Waals surface area (Å²) in [4.78, 5) is 40.7. The molecule has 0 heterocycles. The molecule has 7 nitrogen and oxygen atoms in total. The predicted molar refractivity (Wildman–Crippen MR) is 195 cm³/mol. The van der Waals surface area contributed by atoms with Gasteiger partial charge >= 0.3 is 6.18 Å². The Kier molecular flexibility index (Phi) is 12.2. The second kappa shape index (κ2) is 16.9. The summed E-state index contributed by atoms with van der Waals surface area (Å²) >= 11 is 7.31. The lowest BCUT2D eigenvalue weighted by atomic mass is 10.1. The third-order valence-corrected chi connectivity index (χ3v) is 8.88. The minimum Gasteiger partial charge on any atom is -0.494 e. The molecule has 0 saturated heterocycles. The van der Waals surface area contributed by atoms with Crippen molar-refractivity contribution in [1.82, 2.24) is 5.32 Å². The molecule has 5 aromatic rings. The zero-order valence-electron chi connectivity index (χ0n) is 27.0. The van der Waals surface area contributed by atoms with Gasteiger partial charge in [0, 0.05) is 16.1 Å². The molecule has 3 amide bonds. The van der Waals surface area contributed by atoms with E-state index in [2.05, 4.69) is 16.0 Å². The SMILES string of the molecule is CCOc1ccc(/C=C(\NC(=O)c2ccccc2)C(=O)Nc2ccc(SC(C(=O)Nc3cc(C(F)(F)F)ccc3Cl)c3ccccc3)cc2)cc1. The fourth-order valence-electron chi connectivity index (χ4n) is 4.78. The van der Waals surface area contributed by atoms with Crippen LogP contribution in [-0.4, -0.2) is 24.3 Å². The molecule has 5 rings (SSSR count). The Morgan fingerprint density at radius 2 is 1.47 bits per heavy atom. The topological polar surface area (TPSA) is 96.5 Å². The van der Waals surface area contributed by atoms with Gasteiger partial charge in [0.1, 0.15) is 16.7 Å². The number of hydrogen-bond acceptors (Lipinski definition) is 5. The van der Waals surface area contributed by atoms with Crippen molar-refractivity contribution in [3.8, 4) is 5.75 Å². The van der Waals surface area contributed by atoms with E-state index < -0.39 is 34.7 Å².